The molecule has 0 spiro atoms. The first-order chi connectivity index (χ1) is 9.60. The molecule has 106 valence electrons. The van der Waals surface area contributed by atoms with Crippen LogP contribution in [-0.2, 0) is 0 Å². The van der Waals surface area contributed by atoms with Crippen molar-refractivity contribution in [3.8, 4) is 6.07 Å². The lowest BCUT2D eigenvalue weighted by Gasteiger charge is -2.40. The Morgan fingerprint density at radius 2 is 1.95 bits per heavy atom. The Morgan fingerprint density at radius 3 is 2.50 bits per heavy atom. The smallest absolute Gasteiger partial charge is 0.0992 e. The Labute approximate surface area is 119 Å². The Morgan fingerprint density at radius 1 is 1.30 bits per heavy atom. The Hall–Kier alpha value is -1.57. The van der Waals surface area contributed by atoms with Gasteiger partial charge in [0.25, 0.3) is 0 Å². The van der Waals surface area contributed by atoms with E-state index < -0.39 is 6.10 Å². The van der Waals surface area contributed by atoms with Crippen LogP contribution in [0.3, 0.4) is 0 Å². The zero-order valence-electron chi connectivity index (χ0n) is 11.7. The predicted octanol–water partition coefficient (Wildman–Crippen LogP) is 2.10. The van der Waals surface area contributed by atoms with Crippen molar-refractivity contribution in [2.45, 2.75) is 56.9 Å². The summed E-state index contributed by atoms with van der Waals surface area (Å²) in [4.78, 5) is 2.33. The molecule has 3 rings (SSSR count). The summed E-state index contributed by atoms with van der Waals surface area (Å²) >= 11 is 0. The van der Waals surface area contributed by atoms with Gasteiger partial charge in [0, 0.05) is 23.3 Å². The minimum absolute atomic E-state index is 0.210. The highest BCUT2D eigenvalue weighted by atomic mass is 16.3. The topological polar surface area (TPSA) is 67.5 Å². The molecule has 2 heterocycles. The highest BCUT2D eigenvalue weighted by Gasteiger charge is 2.41. The molecule has 0 saturated carbocycles. The van der Waals surface area contributed by atoms with E-state index in [1.165, 1.54) is 0 Å². The van der Waals surface area contributed by atoms with E-state index in [0.29, 0.717) is 17.6 Å². The molecule has 3 unspecified atom stereocenters. The van der Waals surface area contributed by atoms with Gasteiger partial charge in [0.2, 0.25) is 0 Å². The van der Waals surface area contributed by atoms with Crippen LogP contribution in [0.1, 0.15) is 49.8 Å². The average molecular weight is 272 g/mol. The van der Waals surface area contributed by atoms with Gasteiger partial charge in [-0.25, -0.2) is 0 Å². The first kappa shape index (κ1) is 13.4. The molecule has 3 atom stereocenters. The molecule has 2 aliphatic rings. The number of aliphatic hydroxyl groups is 2. The second kappa shape index (κ2) is 5.08. The predicted molar refractivity (Wildman–Crippen MR) is 76.3 cm³/mol. The second-order valence-electron chi connectivity index (χ2n) is 5.98. The van der Waals surface area contributed by atoms with Crippen LogP contribution in [0, 0.1) is 11.3 Å². The molecule has 2 aliphatic heterocycles. The van der Waals surface area contributed by atoms with E-state index in [-0.39, 0.29) is 6.10 Å². The third kappa shape index (κ3) is 2.17. The summed E-state index contributed by atoms with van der Waals surface area (Å²) in [6, 6.07) is 8.32. The van der Waals surface area contributed by atoms with Crippen molar-refractivity contribution in [2.24, 2.45) is 0 Å². The summed E-state index contributed by atoms with van der Waals surface area (Å²) in [5.74, 6) is 0. The number of hydrogen-bond acceptors (Lipinski definition) is 4. The lowest BCUT2D eigenvalue weighted by Crippen LogP contribution is -2.45. The van der Waals surface area contributed by atoms with Gasteiger partial charge in [-0.1, -0.05) is 6.07 Å². The van der Waals surface area contributed by atoms with E-state index >= 15 is 0 Å². The fourth-order valence-corrected chi connectivity index (χ4v) is 3.73. The van der Waals surface area contributed by atoms with Crippen molar-refractivity contribution in [3.63, 3.8) is 0 Å². The summed E-state index contributed by atoms with van der Waals surface area (Å²) in [6.45, 7) is 1.76. The third-order valence-corrected chi connectivity index (χ3v) is 4.60. The minimum atomic E-state index is -0.552. The monoisotopic (exact) mass is 272 g/mol. The molecular formula is C16H20N2O2. The number of fused-ring (bicyclic) bond motifs is 2. The zero-order valence-corrected chi connectivity index (χ0v) is 11.7. The summed E-state index contributed by atoms with van der Waals surface area (Å²) in [5, 5.41) is 29.0. The number of rotatable bonds is 2. The molecule has 0 radical (unpaired) electrons. The molecule has 2 bridgehead atoms. The zero-order chi connectivity index (χ0) is 14.3. The molecule has 0 aromatic heterocycles. The quantitative estimate of drug-likeness (QED) is 0.865. The van der Waals surface area contributed by atoms with Gasteiger partial charge >= 0.3 is 0 Å². The average Bonchev–Trinajstić information content (AvgIpc) is 2.70. The van der Waals surface area contributed by atoms with E-state index in [9.17, 15) is 10.2 Å². The summed E-state index contributed by atoms with van der Waals surface area (Å²) in [6.07, 6.45) is 2.97. The lowest BCUT2D eigenvalue weighted by atomic mass is 9.96. The van der Waals surface area contributed by atoms with Crippen molar-refractivity contribution >= 4 is 5.69 Å². The maximum absolute atomic E-state index is 9.98. The van der Waals surface area contributed by atoms with Crippen LogP contribution in [0.15, 0.2) is 18.2 Å². The number of hydrogen-bond donors (Lipinski definition) is 2. The number of benzene rings is 1. The van der Waals surface area contributed by atoms with Gasteiger partial charge in [0.15, 0.2) is 0 Å². The lowest BCUT2D eigenvalue weighted by molar-refractivity contribution is 0.126. The standard InChI is InChI=1S/C16H20N2O2/c1-10(19)15-5-2-11(9-17)6-16(15)18-12-3-4-13(18)8-14(20)7-12/h2,5-6,10,12-14,19-20H,3-4,7-8H2,1H3. The van der Waals surface area contributed by atoms with E-state index in [0.717, 1.165) is 36.9 Å². The molecule has 2 N–H and O–H groups in total. The van der Waals surface area contributed by atoms with Crippen molar-refractivity contribution < 1.29 is 10.2 Å². The van der Waals surface area contributed by atoms with Gasteiger partial charge in [-0.15, -0.1) is 0 Å². The largest absolute Gasteiger partial charge is 0.393 e. The molecule has 1 aromatic rings. The number of piperidine rings is 1. The first-order valence-electron chi connectivity index (χ1n) is 7.28. The van der Waals surface area contributed by atoms with Crippen LogP contribution >= 0.6 is 0 Å². The molecule has 4 heteroatoms. The minimum Gasteiger partial charge on any atom is -0.393 e. The van der Waals surface area contributed by atoms with Crippen molar-refractivity contribution in [1.82, 2.24) is 0 Å². The molecule has 0 amide bonds. The van der Waals surface area contributed by atoms with Gasteiger partial charge in [0.05, 0.1) is 23.8 Å². The molecule has 2 fully saturated rings. The highest BCUT2D eigenvalue weighted by molar-refractivity contribution is 5.61. The molecule has 2 saturated heterocycles. The fraction of sp³-hybridized carbons (Fsp3) is 0.562. The maximum atomic E-state index is 9.98. The van der Waals surface area contributed by atoms with Gasteiger partial charge in [0.1, 0.15) is 0 Å². The molecule has 1 aromatic carbocycles. The van der Waals surface area contributed by atoms with Crippen LogP contribution in [-0.4, -0.2) is 28.4 Å². The van der Waals surface area contributed by atoms with Crippen LogP contribution in [0.4, 0.5) is 5.69 Å². The summed E-state index contributed by atoms with van der Waals surface area (Å²) in [7, 11) is 0. The Kier molecular flexibility index (Phi) is 3.41. The first-order valence-corrected chi connectivity index (χ1v) is 7.28. The second-order valence-corrected chi connectivity index (χ2v) is 5.98. The van der Waals surface area contributed by atoms with Crippen LogP contribution in [0.2, 0.25) is 0 Å². The van der Waals surface area contributed by atoms with Crippen molar-refractivity contribution in [1.29, 1.82) is 5.26 Å². The van der Waals surface area contributed by atoms with Gasteiger partial charge in [-0.2, -0.15) is 5.26 Å². The van der Waals surface area contributed by atoms with Crippen LogP contribution < -0.4 is 4.90 Å². The number of nitriles is 1. The van der Waals surface area contributed by atoms with E-state index in [4.69, 9.17) is 5.26 Å². The molecule has 20 heavy (non-hydrogen) atoms. The van der Waals surface area contributed by atoms with Crippen LogP contribution in [0.5, 0.6) is 0 Å². The SMILES string of the molecule is CC(O)c1ccc(C#N)cc1N1C2CCC1CC(O)C2. The Balaban J connectivity index is 2.03. The molecule has 4 nitrogen and oxygen atoms in total. The molecular weight excluding hydrogens is 252 g/mol. The number of aliphatic hydroxyl groups excluding tert-OH is 2. The maximum Gasteiger partial charge on any atom is 0.0992 e. The van der Waals surface area contributed by atoms with E-state index in [1.807, 2.05) is 12.1 Å². The molecule has 0 aliphatic carbocycles. The van der Waals surface area contributed by atoms with Crippen molar-refractivity contribution in [3.05, 3.63) is 29.3 Å². The van der Waals surface area contributed by atoms with Crippen molar-refractivity contribution in [2.75, 3.05) is 4.90 Å². The van der Waals surface area contributed by atoms with Gasteiger partial charge in [-0.3, -0.25) is 0 Å². The van der Waals surface area contributed by atoms with Gasteiger partial charge in [-0.05, 0) is 44.7 Å². The van der Waals surface area contributed by atoms with E-state index in [2.05, 4.69) is 11.0 Å². The fourth-order valence-electron chi connectivity index (χ4n) is 3.73. The van der Waals surface area contributed by atoms with E-state index in [1.54, 1.807) is 13.0 Å². The summed E-state index contributed by atoms with van der Waals surface area (Å²) < 4.78 is 0. The summed E-state index contributed by atoms with van der Waals surface area (Å²) in [5.41, 5.74) is 2.46. The normalized spacial score (nSPS) is 30.1. The third-order valence-electron chi connectivity index (χ3n) is 4.60. The van der Waals surface area contributed by atoms with Crippen LogP contribution in [0.25, 0.3) is 0 Å². The Bertz CT molecular complexity index is 536. The highest BCUT2D eigenvalue weighted by Crippen LogP contribution is 2.42. The number of nitrogens with zero attached hydrogens (tertiary/aromatic N) is 2. The number of anilines is 1. The van der Waals surface area contributed by atoms with Gasteiger partial charge < -0.3 is 15.1 Å².